The molecule has 1 aliphatic rings. The van der Waals surface area contributed by atoms with Gasteiger partial charge in [-0.25, -0.2) is 4.79 Å². The largest absolute Gasteiger partial charge is 0.493 e. The minimum atomic E-state index is -2.92. The van der Waals surface area contributed by atoms with Crippen molar-refractivity contribution in [2.45, 2.75) is 26.9 Å². The summed E-state index contributed by atoms with van der Waals surface area (Å²) in [7, 11) is 1.40. The number of carbonyl (C=O) groups is 1. The highest BCUT2D eigenvalue weighted by Gasteiger charge is 2.23. The Labute approximate surface area is 198 Å². The molecule has 1 heterocycles. The number of nitrogens with one attached hydrogen (secondary N) is 1. The second kappa shape index (κ2) is 14.1. The summed E-state index contributed by atoms with van der Waals surface area (Å²) in [5.74, 6) is 1.03. The Bertz CT molecular complexity index is 716. The number of piperazine rings is 1. The molecule has 31 heavy (non-hydrogen) atoms. The molecular weight excluding hydrogens is 525 g/mol. The number of alkyl halides is 2. The van der Waals surface area contributed by atoms with Gasteiger partial charge in [-0.15, -0.1) is 24.0 Å². The van der Waals surface area contributed by atoms with Gasteiger partial charge in [0.1, 0.15) is 0 Å². The lowest BCUT2D eigenvalue weighted by molar-refractivity contribution is -0.0512. The molecule has 0 unspecified atom stereocenters. The Balaban J connectivity index is 0.00000480. The van der Waals surface area contributed by atoms with Crippen LogP contribution < -0.4 is 14.8 Å². The lowest BCUT2D eigenvalue weighted by Crippen LogP contribution is -2.54. The molecule has 0 bridgehead atoms. The van der Waals surface area contributed by atoms with Crippen LogP contribution in [0.3, 0.4) is 0 Å². The first-order chi connectivity index (χ1) is 14.5. The van der Waals surface area contributed by atoms with Gasteiger partial charge in [0.2, 0.25) is 0 Å². The summed E-state index contributed by atoms with van der Waals surface area (Å²) in [6.07, 6.45) is 0.266. The summed E-state index contributed by atoms with van der Waals surface area (Å²) < 4.78 is 39.8. The number of guanidine groups is 1. The van der Waals surface area contributed by atoms with Gasteiger partial charge in [-0.3, -0.25) is 4.99 Å². The SMILES string of the molecule is CCNC(=NCCc1ccc(OC)c(OC(F)F)c1)N1CCN(C(=O)OCC)CC1.I. The van der Waals surface area contributed by atoms with Gasteiger partial charge in [0, 0.05) is 39.3 Å². The molecule has 2 rings (SSSR count). The Kier molecular flexibility index (Phi) is 12.3. The van der Waals surface area contributed by atoms with Crippen molar-refractivity contribution in [1.82, 2.24) is 15.1 Å². The van der Waals surface area contributed by atoms with Crippen molar-refractivity contribution in [1.29, 1.82) is 0 Å². The first kappa shape index (κ1) is 27.0. The summed E-state index contributed by atoms with van der Waals surface area (Å²) in [4.78, 5) is 20.3. The predicted molar refractivity (Wildman–Crippen MR) is 125 cm³/mol. The number of benzene rings is 1. The zero-order valence-electron chi connectivity index (χ0n) is 18.1. The number of carbonyl (C=O) groups excluding carboxylic acids is 1. The van der Waals surface area contributed by atoms with Gasteiger partial charge < -0.3 is 29.3 Å². The van der Waals surface area contributed by atoms with Gasteiger partial charge in [0.25, 0.3) is 0 Å². The van der Waals surface area contributed by atoms with Crippen molar-refractivity contribution in [3.8, 4) is 11.5 Å². The van der Waals surface area contributed by atoms with Gasteiger partial charge >= 0.3 is 12.7 Å². The highest BCUT2D eigenvalue weighted by atomic mass is 127. The molecule has 11 heteroatoms. The zero-order valence-corrected chi connectivity index (χ0v) is 20.4. The van der Waals surface area contributed by atoms with Gasteiger partial charge in [0.05, 0.1) is 13.7 Å². The van der Waals surface area contributed by atoms with Crippen molar-refractivity contribution in [3.63, 3.8) is 0 Å². The minimum Gasteiger partial charge on any atom is -0.493 e. The van der Waals surface area contributed by atoms with Gasteiger partial charge in [0.15, 0.2) is 17.5 Å². The summed E-state index contributed by atoms with van der Waals surface area (Å²) in [5.41, 5.74) is 0.818. The Morgan fingerprint density at radius 2 is 1.84 bits per heavy atom. The molecule has 1 aromatic carbocycles. The van der Waals surface area contributed by atoms with Crippen LogP contribution in [0.2, 0.25) is 0 Å². The van der Waals surface area contributed by atoms with E-state index in [1.807, 2.05) is 6.92 Å². The molecule has 1 aliphatic heterocycles. The summed E-state index contributed by atoms with van der Waals surface area (Å²) in [6, 6.07) is 4.96. The number of methoxy groups -OCH3 is 1. The fraction of sp³-hybridized carbons (Fsp3) is 0.600. The molecule has 1 N–H and O–H groups in total. The number of ether oxygens (including phenoxy) is 3. The smallest absolute Gasteiger partial charge is 0.409 e. The normalized spacial score (nSPS) is 14.2. The van der Waals surface area contributed by atoms with Crippen LogP contribution in [0.25, 0.3) is 0 Å². The maximum Gasteiger partial charge on any atom is 0.409 e. The first-order valence-corrected chi connectivity index (χ1v) is 10.0. The average Bonchev–Trinajstić information content (AvgIpc) is 2.73. The molecule has 1 fully saturated rings. The third kappa shape index (κ3) is 8.54. The van der Waals surface area contributed by atoms with Crippen LogP contribution in [-0.4, -0.2) is 81.4 Å². The number of nitrogens with zero attached hydrogens (tertiary/aromatic N) is 3. The molecule has 8 nitrogen and oxygen atoms in total. The van der Waals surface area contributed by atoms with Crippen LogP contribution in [0.1, 0.15) is 19.4 Å². The van der Waals surface area contributed by atoms with E-state index in [0.717, 1.165) is 11.5 Å². The quantitative estimate of drug-likeness (QED) is 0.301. The van der Waals surface area contributed by atoms with Gasteiger partial charge in [-0.2, -0.15) is 8.78 Å². The van der Waals surface area contributed by atoms with E-state index >= 15 is 0 Å². The average molecular weight is 556 g/mol. The highest BCUT2D eigenvalue weighted by molar-refractivity contribution is 14.0. The molecular formula is C20H31F2IN4O4. The molecule has 1 saturated heterocycles. The molecule has 0 aromatic heterocycles. The van der Waals surface area contributed by atoms with Crippen molar-refractivity contribution < 1.29 is 27.8 Å². The van der Waals surface area contributed by atoms with Crippen LogP contribution in [0.5, 0.6) is 11.5 Å². The number of aliphatic imine (C=N–C) groups is 1. The third-order valence-electron chi connectivity index (χ3n) is 4.55. The van der Waals surface area contributed by atoms with E-state index in [2.05, 4.69) is 19.9 Å². The van der Waals surface area contributed by atoms with Crippen molar-refractivity contribution in [2.24, 2.45) is 4.99 Å². The Morgan fingerprint density at radius 3 is 2.42 bits per heavy atom. The summed E-state index contributed by atoms with van der Waals surface area (Å²) >= 11 is 0. The van der Waals surface area contributed by atoms with E-state index in [9.17, 15) is 13.6 Å². The molecule has 1 amide bonds. The number of rotatable bonds is 8. The van der Waals surface area contributed by atoms with E-state index in [1.165, 1.54) is 7.11 Å². The van der Waals surface area contributed by atoms with Crippen LogP contribution >= 0.6 is 24.0 Å². The van der Waals surface area contributed by atoms with E-state index in [4.69, 9.17) is 9.47 Å². The van der Waals surface area contributed by atoms with Crippen LogP contribution in [0.4, 0.5) is 13.6 Å². The summed E-state index contributed by atoms with van der Waals surface area (Å²) in [5, 5.41) is 3.26. The van der Waals surface area contributed by atoms with Crippen LogP contribution in [0, 0.1) is 0 Å². The van der Waals surface area contributed by atoms with Crippen molar-refractivity contribution >= 4 is 36.0 Å². The van der Waals surface area contributed by atoms with E-state index in [-0.39, 0.29) is 41.6 Å². The topological polar surface area (TPSA) is 75.6 Å². The number of hydrogen-bond acceptors (Lipinski definition) is 5. The summed E-state index contributed by atoms with van der Waals surface area (Å²) in [6.45, 7) is 4.84. The zero-order chi connectivity index (χ0) is 21.9. The second-order valence-corrected chi connectivity index (χ2v) is 6.52. The van der Waals surface area contributed by atoms with Crippen LogP contribution in [0.15, 0.2) is 23.2 Å². The molecule has 0 radical (unpaired) electrons. The van der Waals surface area contributed by atoms with Crippen molar-refractivity contribution in [3.05, 3.63) is 23.8 Å². The maximum atomic E-state index is 12.6. The van der Waals surface area contributed by atoms with E-state index in [0.29, 0.717) is 52.3 Å². The molecule has 176 valence electrons. The third-order valence-corrected chi connectivity index (χ3v) is 4.55. The van der Waals surface area contributed by atoms with Crippen LogP contribution in [-0.2, 0) is 11.2 Å². The molecule has 0 aliphatic carbocycles. The fourth-order valence-corrected chi connectivity index (χ4v) is 3.10. The lowest BCUT2D eigenvalue weighted by Gasteiger charge is -2.35. The highest BCUT2D eigenvalue weighted by Crippen LogP contribution is 2.29. The number of amides is 1. The van der Waals surface area contributed by atoms with E-state index in [1.54, 1.807) is 30.0 Å². The number of hydrogen-bond donors (Lipinski definition) is 1. The number of halogens is 3. The van der Waals surface area contributed by atoms with E-state index < -0.39 is 6.61 Å². The monoisotopic (exact) mass is 556 g/mol. The van der Waals surface area contributed by atoms with Crippen molar-refractivity contribution in [2.75, 3.05) is 53.0 Å². The standard InChI is InChI=1S/C20H30F2N4O4.HI/c1-4-23-19(25-10-12-26(13-11-25)20(27)29-5-2)24-9-8-15-6-7-16(28-3)17(14-15)30-18(21)22;/h6-7,14,18H,4-5,8-13H2,1-3H3,(H,23,24);1H. The van der Waals surface area contributed by atoms with Gasteiger partial charge in [-0.1, -0.05) is 6.07 Å². The molecule has 0 spiro atoms. The second-order valence-electron chi connectivity index (χ2n) is 6.52. The molecule has 1 aromatic rings. The molecule has 0 saturated carbocycles. The predicted octanol–water partition coefficient (Wildman–Crippen LogP) is 3.20. The fourth-order valence-electron chi connectivity index (χ4n) is 3.10. The minimum absolute atomic E-state index is 0. The molecule has 0 atom stereocenters. The Hall–Kier alpha value is -2.05. The van der Waals surface area contributed by atoms with Gasteiger partial charge in [-0.05, 0) is 38.0 Å². The Morgan fingerprint density at radius 1 is 1.16 bits per heavy atom. The lowest BCUT2D eigenvalue weighted by atomic mass is 10.1. The maximum absolute atomic E-state index is 12.6. The first-order valence-electron chi connectivity index (χ1n) is 10.0.